The Labute approximate surface area is 170 Å². The molecule has 1 aromatic heterocycles. The number of guanidine groups is 1. The average Bonchev–Trinajstić information content (AvgIpc) is 3.07. The van der Waals surface area contributed by atoms with E-state index in [2.05, 4.69) is 80.6 Å². The van der Waals surface area contributed by atoms with Crippen LogP contribution in [0.2, 0.25) is 0 Å². The van der Waals surface area contributed by atoms with Crippen LogP contribution in [0.3, 0.4) is 0 Å². The highest BCUT2D eigenvalue weighted by molar-refractivity contribution is 9.10. The third-order valence-electron chi connectivity index (χ3n) is 5.08. The van der Waals surface area contributed by atoms with Gasteiger partial charge in [0.25, 0.3) is 0 Å². The summed E-state index contributed by atoms with van der Waals surface area (Å²) < 4.78 is 3.18. The predicted octanol–water partition coefficient (Wildman–Crippen LogP) is 3.06. The molecule has 1 aromatic carbocycles. The van der Waals surface area contributed by atoms with Crippen molar-refractivity contribution in [3.05, 3.63) is 46.0 Å². The Bertz CT molecular complexity index is 811. The molecule has 0 aliphatic carbocycles. The highest BCUT2D eigenvalue weighted by Gasteiger charge is 2.25. The van der Waals surface area contributed by atoms with Gasteiger partial charge in [0.05, 0.1) is 6.54 Å². The molecule has 1 unspecified atom stereocenters. The fourth-order valence-electron chi connectivity index (χ4n) is 3.43. The van der Waals surface area contributed by atoms with Crippen molar-refractivity contribution in [2.24, 2.45) is 4.99 Å². The molecule has 0 fully saturated rings. The standard InChI is InChI=1S/C20H29BrN6/c1-5-17-25-18-11-10-14(12-27(18)26-17)24-19(22-4)23-13-20(2,3)15-8-6-7-9-16(15)21/h6-9,14H,5,10-13H2,1-4H3,(H2,22,23,24). The molecule has 2 aromatic rings. The van der Waals surface area contributed by atoms with Crippen molar-refractivity contribution in [3.8, 4) is 0 Å². The summed E-state index contributed by atoms with van der Waals surface area (Å²) in [5.74, 6) is 2.87. The van der Waals surface area contributed by atoms with Crippen LogP contribution in [-0.4, -0.2) is 40.4 Å². The Balaban J connectivity index is 1.59. The number of aryl methyl sites for hydroxylation is 2. The smallest absolute Gasteiger partial charge is 0.191 e. The first-order chi connectivity index (χ1) is 12.9. The quantitative estimate of drug-likeness (QED) is 0.562. The number of halogens is 1. The Morgan fingerprint density at radius 3 is 2.85 bits per heavy atom. The summed E-state index contributed by atoms with van der Waals surface area (Å²) in [5, 5.41) is 11.6. The summed E-state index contributed by atoms with van der Waals surface area (Å²) in [4.78, 5) is 9.00. The number of aromatic nitrogens is 3. The molecular weight excluding hydrogens is 404 g/mol. The van der Waals surface area contributed by atoms with Crippen LogP contribution in [0.1, 0.15) is 44.4 Å². The summed E-state index contributed by atoms with van der Waals surface area (Å²) in [5.41, 5.74) is 1.25. The Morgan fingerprint density at radius 2 is 2.15 bits per heavy atom. The van der Waals surface area contributed by atoms with E-state index in [-0.39, 0.29) is 5.41 Å². The number of benzene rings is 1. The SMILES string of the molecule is CCc1nc2n(n1)CC(NC(=NC)NCC(C)(C)c1ccccc1Br)CC2. The zero-order valence-electron chi connectivity index (χ0n) is 16.6. The fraction of sp³-hybridized carbons (Fsp3) is 0.550. The van der Waals surface area contributed by atoms with E-state index in [9.17, 15) is 0 Å². The molecule has 7 heteroatoms. The molecule has 0 bridgehead atoms. The van der Waals surface area contributed by atoms with Gasteiger partial charge in [-0.25, -0.2) is 9.67 Å². The topological polar surface area (TPSA) is 67.1 Å². The van der Waals surface area contributed by atoms with Gasteiger partial charge in [-0.2, -0.15) is 5.10 Å². The van der Waals surface area contributed by atoms with Crippen LogP contribution in [0.5, 0.6) is 0 Å². The first kappa shape index (κ1) is 19.9. The van der Waals surface area contributed by atoms with E-state index in [1.165, 1.54) is 5.56 Å². The molecule has 2 heterocycles. The normalized spacial score (nSPS) is 17.5. The average molecular weight is 433 g/mol. The Hall–Kier alpha value is -1.89. The van der Waals surface area contributed by atoms with E-state index < -0.39 is 0 Å². The number of hydrogen-bond acceptors (Lipinski definition) is 3. The molecule has 146 valence electrons. The predicted molar refractivity (Wildman–Crippen MR) is 113 cm³/mol. The molecule has 0 amide bonds. The van der Waals surface area contributed by atoms with Gasteiger partial charge in [-0.15, -0.1) is 0 Å². The lowest BCUT2D eigenvalue weighted by atomic mass is 9.84. The van der Waals surface area contributed by atoms with E-state index in [1.807, 2.05) is 17.8 Å². The van der Waals surface area contributed by atoms with E-state index in [1.54, 1.807) is 0 Å². The van der Waals surface area contributed by atoms with Gasteiger partial charge in [0.2, 0.25) is 0 Å². The Kier molecular flexibility index (Phi) is 6.19. The van der Waals surface area contributed by atoms with Crippen molar-refractivity contribution >= 4 is 21.9 Å². The van der Waals surface area contributed by atoms with Crippen LogP contribution in [-0.2, 0) is 24.8 Å². The van der Waals surface area contributed by atoms with Crippen LogP contribution in [0, 0.1) is 0 Å². The van der Waals surface area contributed by atoms with Crippen molar-refractivity contribution in [2.75, 3.05) is 13.6 Å². The van der Waals surface area contributed by atoms with E-state index in [0.717, 1.165) is 54.4 Å². The zero-order chi connectivity index (χ0) is 19.4. The molecule has 1 aliphatic heterocycles. The van der Waals surface area contributed by atoms with Gasteiger partial charge >= 0.3 is 0 Å². The van der Waals surface area contributed by atoms with E-state index in [4.69, 9.17) is 0 Å². The molecule has 2 N–H and O–H groups in total. The molecule has 6 nitrogen and oxygen atoms in total. The van der Waals surface area contributed by atoms with Crippen molar-refractivity contribution in [3.63, 3.8) is 0 Å². The van der Waals surface area contributed by atoms with E-state index >= 15 is 0 Å². The zero-order valence-corrected chi connectivity index (χ0v) is 18.2. The van der Waals surface area contributed by atoms with Gasteiger partial charge in [0.1, 0.15) is 5.82 Å². The highest BCUT2D eigenvalue weighted by Crippen LogP contribution is 2.29. The monoisotopic (exact) mass is 432 g/mol. The maximum Gasteiger partial charge on any atom is 0.191 e. The lowest BCUT2D eigenvalue weighted by Gasteiger charge is -2.30. The summed E-state index contributed by atoms with van der Waals surface area (Å²) in [7, 11) is 1.82. The fourth-order valence-corrected chi connectivity index (χ4v) is 4.25. The third kappa shape index (κ3) is 4.69. The minimum atomic E-state index is -0.0284. The van der Waals surface area contributed by atoms with E-state index in [0.29, 0.717) is 6.04 Å². The number of hydrogen-bond donors (Lipinski definition) is 2. The van der Waals surface area contributed by atoms with Crippen molar-refractivity contribution in [1.29, 1.82) is 0 Å². The summed E-state index contributed by atoms with van der Waals surface area (Å²) in [6.07, 6.45) is 2.87. The van der Waals surface area contributed by atoms with Gasteiger partial charge < -0.3 is 10.6 Å². The molecule has 1 atom stereocenters. The lowest BCUT2D eigenvalue weighted by molar-refractivity contribution is 0.390. The minimum absolute atomic E-state index is 0.0284. The molecule has 0 spiro atoms. The Morgan fingerprint density at radius 1 is 1.37 bits per heavy atom. The molecule has 0 saturated heterocycles. The number of nitrogens with zero attached hydrogens (tertiary/aromatic N) is 4. The second-order valence-electron chi connectivity index (χ2n) is 7.65. The largest absolute Gasteiger partial charge is 0.356 e. The van der Waals surface area contributed by atoms with Crippen LogP contribution in [0.15, 0.2) is 33.7 Å². The molecule has 0 saturated carbocycles. The minimum Gasteiger partial charge on any atom is -0.356 e. The first-order valence-electron chi connectivity index (χ1n) is 9.57. The van der Waals surface area contributed by atoms with Gasteiger partial charge in [0.15, 0.2) is 11.8 Å². The van der Waals surface area contributed by atoms with Crippen molar-refractivity contribution < 1.29 is 0 Å². The van der Waals surface area contributed by atoms with Crippen LogP contribution in [0.4, 0.5) is 0 Å². The van der Waals surface area contributed by atoms with Crippen LogP contribution in [0.25, 0.3) is 0 Å². The van der Waals surface area contributed by atoms with Crippen molar-refractivity contribution in [1.82, 2.24) is 25.4 Å². The molecule has 1 aliphatic rings. The van der Waals surface area contributed by atoms with Gasteiger partial charge in [-0.1, -0.05) is 54.9 Å². The number of fused-ring (bicyclic) bond motifs is 1. The second kappa shape index (κ2) is 8.42. The first-order valence-corrected chi connectivity index (χ1v) is 10.4. The second-order valence-corrected chi connectivity index (χ2v) is 8.50. The van der Waals surface area contributed by atoms with Gasteiger partial charge in [-0.05, 0) is 18.1 Å². The number of aliphatic imine (C=N–C) groups is 1. The summed E-state index contributed by atoms with van der Waals surface area (Å²) in [6.45, 7) is 8.19. The maximum atomic E-state index is 4.59. The number of nitrogens with one attached hydrogen (secondary N) is 2. The number of rotatable bonds is 5. The maximum absolute atomic E-state index is 4.59. The van der Waals surface area contributed by atoms with Crippen LogP contribution < -0.4 is 10.6 Å². The van der Waals surface area contributed by atoms with Gasteiger partial charge in [0, 0.05) is 42.4 Å². The molecule has 27 heavy (non-hydrogen) atoms. The summed E-state index contributed by atoms with van der Waals surface area (Å²) in [6, 6.07) is 8.69. The van der Waals surface area contributed by atoms with Crippen molar-refractivity contribution in [2.45, 2.75) is 58.0 Å². The molecular formula is C20H29BrN6. The summed E-state index contributed by atoms with van der Waals surface area (Å²) >= 11 is 3.67. The third-order valence-corrected chi connectivity index (χ3v) is 5.77. The molecule has 0 radical (unpaired) electrons. The molecule has 3 rings (SSSR count). The lowest BCUT2D eigenvalue weighted by Crippen LogP contribution is -2.49. The van der Waals surface area contributed by atoms with Gasteiger partial charge in [-0.3, -0.25) is 4.99 Å². The van der Waals surface area contributed by atoms with Crippen LogP contribution >= 0.6 is 15.9 Å². The highest BCUT2D eigenvalue weighted by atomic mass is 79.9.